The zero-order chi connectivity index (χ0) is 39.1. The molecule has 2 amide bonds. The van der Waals surface area contributed by atoms with Crippen molar-refractivity contribution < 1.29 is 18.0 Å². The van der Waals surface area contributed by atoms with Crippen molar-refractivity contribution in [1.82, 2.24) is 28.6 Å². The molecule has 0 atom stereocenters. The largest absolute Gasteiger partial charge is 0.340 e. The highest BCUT2D eigenvalue weighted by molar-refractivity contribution is 7.90. The topological polar surface area (TPSA) is 99.9 Å². The number of likely N-dealkylation sites (tertiary alicyclic amines) is 2. The Hall–Kier alpha value is -4.19. The highest BCUT2D eigenvalue weighted by Crippen LogP contribution is 2.37. The van der Waals surface area contributed by atoms with E-state index in [1.807, 2.05) is 46.2 Å². The summed E-state index contributed by atoms with van der Waals surface area (Å²) in [6, 6.07) is 12.2. The van der Waals surface area contributed by atoms with E-state index in [0.717, 1.165) is 119 Å². The van der Waals surface area contributed by atoms with E-state index in [4.69, 9.17) is 0 Å². The Kier molecular flexibility index (Phi) is 11.0. The number of sulfonamides is 1. The van der Waals surface area contributed by atoms with Crippen LogP contribution >= 0.6 is 0 Å². The first-order chi connectivity index (χ1) is 27.1. The molecule has 298 valence electrons. The van der Waals surface area contributed by atoms with Crippen LogP contribution in [-0.4, -0.2) is 88.0 Å². The molecule has 11 heteroatoms. The summed E-state index contributed by atoms with van der Waals surface area (Å²) in [7, 11) is -3.22. The van der Waals surface area contributed by atoms with Gasteiger partial charge in [0.2, 0.25) is 10.0 Å². The molecule has 2 saturated heterocycles. The van der Waals surface area contributed by atoms with Gasteiger partial charge in [0.15, 0.2) is 0 Å². The average molecular weight is 779 g/mol. The Morgan fingerprint density at radius 1 is 0.714 bits per heavy atom. The van der Waals surface area contributed by atoms with Crippen LogP contribution in [0.1, 0.15) is 95.6 Å². The maximum atomic E-state index is 13.2. The zero-order valence-corrected chi connectivity index (χ0v) is 34.1. The molecule has 2 aromatic carbocycles. The van der Waals surface area contributed by atoms with E-state index >= 15 is 0 Å². The SMILES string of the molecule is C=CCn1c2c(c3cc(C(=O)N4CCC(C)CC4)ccc31)CN(S(=O)(=O)C1CC1)CC2.C=CCn1c2c(c3cc(C(=O)N4CCC(C)CC4)ccc31)CNCC2. The summed E-state index contributed by atoms with van der Waals surface area (Å²) in [5.41, 5.74) is 8.77. The summed E-state index contributed by atoms with van der Waals surface area (Å²) in [6.45, 7) is 20.0. The third-order valence-electron chi connectivity index (χ3n) is 12.9. The van der Waals surface area contributed by atoms with Crippen LogP contribution < -0.4 is 5.32 Å². The first-order valence-electron chi connectivity index (χ1n) is 20.9. The van der Waals surface area contributed by atoms with Crippen LogP contribution in [0, 0.1) is 11.8 Å². The van der Waals surface area contributed by atoms with Crippen LogP contribution in [0.5, 0.6) is 0 Å². The molecule has 6 heterocycles. The molecule has 56 heavy (non-hydrogen) atoms. The zero-order valence-electron chi connectivity index (χ0n) is 33.3. The fourth-order valence-corrected chi connectivity index (χ4v) is 11.1. The van der Waals surface area contributed by atoms with Crippen molar-refractivity contribution >= 4 is 43.6 Å². The Morgan fingerprint density at radius 2 is 1.21 bits per heavy atom. The van der Waals surface area contributed by atoms with Gasteiger partial charge in [0, 0.05) is 123 Å². The Labute approximate surface area is 332 Å². The van der Waals surface area contributed by atoms with Gasteiger partial charge in [0.25, 0.3) is 11.8 Å². The third-order valence-corrected chi connectivity index (χ3v) is 15.3. The van der Waals surface area contributed by atoms with Gasteiger partial charge in [-0.15, -0.1) is 13.2 Å². The van der Waals surface area contributed by atoms with Gasteiger partial charge in [-0.1, -0.05) is 26.0 Å². The number of amides is 2. The number of nitrogens with one attached hydrogen (secondary N) is 1. The number of carbonyl (C=O) groups excluding carboxylic acids is 2. The van der Waals surface area contributed by atoms with Gasteiger partial charge in [0.1, 0.15) is 0 Å². The maximum Gasteiger partial charge on any atom is 0.253 e. The number of benzene rings is 2. The molecule has 9 rings (SSSR count). The number of rotatable bonds is 8. The van der Waals surface area contributed by atoms with E-state index in [1.165, 1.54) is 27.9 Å². The second kappa shape index (κ2) is 16.0. The number of nitrogens with zero attached hydrogens (tertiary/aromatic N) is 5. The minimum atomic E-state index is -3.22. The highest BCUT2D eigenvalue weighted by Gasteiger charge is 2.42. The summed E-state index contributed by atoms with van der Waals surface area (Å²) in [5.74, 6) is 1.67. The van der Waals surface area contributed by atoms with Crippen molar-refractivity contribution in [2.45, 2.75) is 96.6 Å². The quantitative estimate of drug-likeness (QED) is 0.197. The van der Waals surface area contributed by atoms with Crippen molar-refractivity contribution in [2.24, 2.45) is 11.8 Å². The number of allylic oxidation sites excluding steroid dienone is 2. The van der Waals surface area contributed by atoms with Gasteiger partial charge in [-0.2, -0.15) is 4.31 Å². The third kappa shape index (κ3) is 7.38. The van der Waals surface area contributed by atoms with Crippen LogP contribution in [-0.2, 0) is 49.0 Å². The van der Waals surface area contributed by atoms with Gasteiger partial charge in [-0.3, -0.25) is 9.59 Å². The fraction of sp³-hybridized carbons (Fsp3) is 0.511. The molecule has 3 fully saturated rings. The molecular formula is C45H58N6O4S. The summed E-state index contributed by atoms with van der Waals surface area (Å²) in [5, 5.41) is 5.50. The maximum absolute atomic E-state index is 13.2. The van der Waals surface area contributed by atoms with E-state index in [9.17, 15) is 18.0 Å². The normalized spacial score (nSPS) is 19.7. The molecule has 2 aromatic heterocycles. The second-order valence-electron chi connectivity index (χ2n) is 16.8. The van der Waals surface area contributed by atoms with Crippen LogP contribution in [0.4, 0.5) is 0 Å². The first-order valence-corrected chi connectivity index (χ1v) is 22.4. The minimum absolute atomic E-state index is 0.0808. The molecule has 0 bridgehead atoms. The smallest absolute Gasteiger partial charge is 0.253 e. The molecule has 4 aliphatic heterocycles. The molecule has 5 aliphatic rings. The van der Waals surface area contributed by atoms with Gasteiger partial charge < -0.3 is 24.3 Å². The first kappa shape index (κ1) is 38.7. The molecule has 0 radical (unpaired) electrons. The van der Waals surface area contributed by atoms with Crippen LogP contribution in [0.3, 0.4) is 0 Å². The van der Waals surface area contributed by atoms with Crippen molar-refractivity contribution in [1.29, 1.82) is 0 Å². The van der Waals surface area contributed by atoms with E-state index in [0.29, 0.717) is 37.5 Å². The highest BCUT2D eigenvalue weighted by atomic mass is 32.2. The summed E-state index contributed by atoms with van der Waals surface area (Å²) in [6.07, 6.45) is 11.4. The van der Waals surface area contributed by atoms with Crippen LogP contribution in [0.25, 0.3) is 21.8 Å². The number of fused-ring (bicyclic) bond motifs is 6. The molecule has 1 saturated carbocycles. The van der Waals surface area contributed by atoms with Crippen LogP contribution in [0.15, 0.2) is 61.7 Å². The van der Waals surface area contributed by atoms with Crippen molar-refractivity contribution in [3.05, 3.63) is 95.3 Å². The van der Waals surface area contributed by atoms with Crippen molar-refractivity contribution in [2.75, 3.05) is 39.3 Å². The number of hydrogen-bond donors (Lipinski definition) is 1. The fourth-order valence-electron chi connectivity index (χ4n) is 9.33. The van der Waals surface area contributed by atoms with Crippen molar-refractivity contribution in [3.8, 4) is 0 Å². The van der Waals surface area contributed by atoms with Gasteiger partial charge in [-0.25, -0.2) is 8.42 Å². The van der Waals surface area contributed by atoms with E-state index in [-0.39, 0.29) is 17.1 Å². The standard InChI is InChI=1S/C24H31N3O3S.C21H27N3O/c1-3-11-27-22-7-4-18(24(28)25-12-8-17(2)9-13-25)15-20(22)21-16-26(14-10-23(21)27)31(29,30)19-5-6-19;1-3-10-24-19-5-4-16(21(25)23-11-7-15(2)8-12-23)13-17(19)18-14-22-9-6-20(18)24/h3-4,7,15,17,19H,1,5-6,8-14,16H2,2H3;3-5,13,15,22H,1,6-12,14H2,2H3. The van der Waals surface area contributed by atoms with E-state index in [2.05, 4.69) is 53.6 Å². The molecular weight excluding hydrogens is 721 g/mol. The lowest BCUT2D eigenvalue weighted by molar-refractivity contribution is 0.0689. The lowest BCUT2D eigenvalue weighted by atomic mass is 9.98. The second-order valence-corrected chi connectivity index (χ2v) is 19.0. The summed E-state index contributed by atoms with van der Waals surface area (Å²) in [4.78, 5) is 30.1. The van der Waals surface area contributed by atoms with Crippen LogP contribution in [0.2, 0.25) is 0 Å². The predicted octanol–water partition coefficient (Wildman–Crippen LogP) is 6.89. The molecule has 0 unspecified atom stereocenters. The summed E-state index contributed by atoms with van der Waals surface area (Å²) < 4.78 is 32.0. The molecule has 0 spiro atoms. The predicted molar refractivity (Wildman–Crippen MR) is 224 cm³/mol. The van der Waals surface area contributed by atoms with Gasteiger partial charge in [0.05, 0.1) is 5.25 Å². The minimum Gasteiger partial charge on any atom is -0.340 e. The van der Waals surface area contributed by atoms with E-state index in [1.54, 1.807) is 4.31 Å². The monoisotopic (exact) mass is 778 g/mol. The van der Waals surface area contributed by atoms with Gasteiger partial charge >= 0.3 is 0 Å². The number of carbonyl (C=O) groups is 2. The Bertz CT molecular complexity index is 2270. The molecule has 4 aromatic rings. The number of hydrogen-bond acceptors (Lipinski definition) is 5. The average Bonchev–Trinajstić information content (AvgIpc) is 3.99. The number of piperidine rings is 2. The molecule has 10 nitrogen and oxygen atoms in total. The summed E-state index contributed by atoms with van der Waals surface area (Å²) >= 11 is 0. The molecule has 1 N–H and O–H groups in total. The Morgan fingerprint density at radius 3 is 1.71 bits per heavy atom. The van der Waals surface area contributed by atoms with Crippen molar-refractivity contribution in [3.63, 3.8) is 0 Å². The lowest BCUT2D eigenvalue weighted by Gasteiger charge is -2.30. The lowest BCUT2D eigenvalue weighted by Crippen LogP contribution is -2.38. The number of aromatic nitrogens is 2. The Balaban J connectivity index is 0.000000161. The molecule has 1 aliphatic carbocycles. The van der Waals surface area contributed by atoms with E-state index < -0.39 is 10.0 Å². The van der Waals surface area contributed by atoms with Gasteiger partial charge in [-0.05, 0) is 97.9 Å².